The van der Waals surface area contributed by atoms with Crippen LogP contribution in [-0.2, 0) is 11.2 Å². The average molecular weight is 367 g/mol. The number of carbonyl (C=O) groups excluding carboxylic acids is 1. The summed E-state index contributed by atoms with van der Waals surface area (Å²) in [5.41, 5.74) is 3.67. The molecular formula is C20H21N3O2S. The second kappa shape index (κ2) is 6.68. The highest BCUT2D eigenvalue weighted by Crippen LogP contribution is 2.41. The highest BCUT2D eigenvalue weighted by molar-refractivity contribution is 7.20. The van der Waals surface area contributed by atoms with E-state index in [0.29, 0.717) is 11.5 Å². The van der Waals surface area contributed by atoms with Gasteiger partial charge in [-0.05, 0) is 43.4 Å². The van der Waals surface area contributed by atoms with E-state index in [9.17, 15) is 4.79 Å². The number of esters is 1. The number of aryl methyl sites for hydroxylation is 2. The van der Waals surface area contributed by atoms with Gasteiger partial charge in [0.15, 0.2) is 0 Å². The van der Waals surface area contributed by atoms with Crippen LogP contribution in [0.25, 0.3) is 10.2 Å². The molecule has 1 aliphatic carbocycles. The molecule has 0 aliphatic heterocycles. The summed E-state index contributed by atoms with van der Waals surface area (Å²) in [5.74, 6) is 0.591. The minimum absolute atomic E-state index is 0.284. The van der Waals surface area contributed by atoms with Gasteiger partial charge in [-0.3, -0.25) is 0 Å². The van der Waals surface area contributed by atoms with Crippen molar-refractivity contribution >= 4 is 33.3 Å². The molecule has 1 atom stereocenters. The Labute approximate surface area is 156 Å². The molecule has 3 aromatic rings. The normalized spacial score (nSPS) is 15.9. The molecule has 1 aromatic carbocycles. The molecule has 0 saturated heterocycles. The number of aromatic nitrogens is 2. The largest absolute Gasteiger partial charge is 0.462 e. The van der Waals surface area contributed by atoms with Crippen LogP contribution < -0.4 is 4.90 Å². The summed E-state index contributed by atoms with van der Waals surface area (Å²) in [5, 5.41) is 0.951. The predicted molar refractivity (Wildman–Crippen MR) is 104 cm³/mol. The van der Waals surface area contributed by atoms with Crippen molar-refractivity contribution < 1.29 is 9.53 Å². The molecule has 1 aliphatic rings. The Bertz CT molecular complexity index is 982. The predicted octanol–water partition coefficient (Wildman–Crippen LogP) is 4.30. The molecule has 0 saturated carbocycles. The molecule has 0 N–H and O–H groups in total. The molecule has 1 unspecified atom stereocenters. The van der Waals surface area contributed by atoms with E-state index in [1.165, 1.54) is 22.5 Å². The molecule has 0 amide bonds. The fraction of sp³-hybridized carbons (Fsp3) is 0.350. The number of ether oxygens (including phenoxy) is 1. The number of rotatable bonds is 4. The Balaban J connectivity index is 1.79. The average Bonchev–Trinajstić information content (AvgIpc) is 3.23. The lowest BCUT2D eigenvalue weighted by molar-refractivity contribution is 0.0531. The van der Waals surface area contributed by atoms with Crippen LogP contribution in [0, 0.1) is 6.92 Å². The van der Waals surface area contributed by atoms with Gasteiger partial charge < -0.3 is 9.64 Å². The molecule has 0 bridgehead atoms. The smallest absolute Gasteiger partial charge is 0.348 e. The van der Waals surface area contributed by atoms with Gasteiger partial charge in [0.25, 0.3) is 0 Å². The number of anilines is 1. The van der Waals surface area contributed by atoms with E-state index in [2.05, 4.69) is 46.2 Å². The number of carbonyl (C=O) groups is 1. The fourth-order valence-electron chi connectivity index (χ4n) is 3.80. The molecule has 4 rings (SSSR count). The third-order valence-corrected chi connectivity index (χ3v) is 6.25. The number of fused-ring (bicyclic) bond motifs is 2. The van der Waals surface area contributed by atoms with Crippen LogP contribution in [-0.4, -0.2) is 29.6 Å². The molecule has 6 heteroatoms. The molecule has 26 heavy (non-hydrogen) atoms. The van der Waals surface area contributed by atoms with Gasteiger partial charge in [0, 0.05) is 7.05 Å². The quantitative estimate of drug-likeness (QED) is 0.644. The molecular weight excluding hydrogens is 346 g/mol. The Morgan fingerprint density at radius 2 is 2.15 bits per heavy atom. The van der Waals surface area contributed by atoms with Gasteiger partial charge >= 0.3 is 5.97 Å². The summed E-state index contributed by atoms with van der Waals surface area (Å²) in [4.78, 5) is 24.9. The van der Waals surface area contributed by atoms with Gasteiger partial charge in [-0.25, -0.2) is 14.8 Å². The van der Waals surface area contributed by atoms with E-state index in [1.54, 1.807) is 6.33 Å². The summed E-state index contributed by atoms with van der Waals surface area (Å²) in [6.45, 7) is 4.13. The van der Waals surface area contributed by atoms with Crippen LogP contribution in [0.2, 0.25) is 0 Å². The fourth-order valence-corrected chi connectivity index (χ4v) is 4.83. The van der Waals surface area contributed by atoms with Crippen LogP contribution in [0.4, 0.5) is 5.82 Å². The molecule has 134 valence electrons. The number of hydrogen-bond acceptors (Lipinski definition) is 6. The van der Waals surface area contributed by atoms with Crippen LogP contribution in [0.1, 0.15) is 45.7 Å². The van der Waals surface area contributed by atoms with Crippen molar-refractivity contribution in [3.63, 3.8) is 0 Å². The lowest BCUT2D eigenvalue weighted by atomic mass is 10.1. The Morgan fingerprint density at radius 1 is 1.35 bits per heavy atom. The van der Waals surface area contributed by atoms with Gasteiger partial charge in [0.2, 0.25) is 0 Å². The molecule has 2 aromatic heterocycles. The minimum Gasteiger partial charge on any atom is -0.462 e. The Hall–Kier alpha value is -2.47. The van der Waals surface area contributed by atoms with Crippen LogP contribution in [0.15, 0.2) is 30.6 Å². The van der Waals surface area contributed by atoms with Crippen molar-refractivity contribution in [3.05, 3.63) is 52.2 Å². The molecule has 0 fully saturated rings. The van der Waals surface area contributed by atoms with Crippen molar-refractivity contribution in [3.8, 4) is 0 Å². The minimum atomic E-state index is -0.284. The van der Waals surface area contributed by atoms with Crippen molar-refractivity contribution in [2.75, 3.05) is 18.6 Å². The van der Waals surface area contributed by atoms with Gasteiger partial charge in [0.1, 0.15) is 21.9 Å². The van der Waals surface area contributed by atoms with Crippen molar-refractivity contribution in [2.24, 2.45) is 0 Å². The highest BCUT2D eigenvalue weighted by atomic mass is 32.1. The second-order valence-corrected chi connectivity index (χ2v) is 7.52. The lowest BCUT2D eigenvalue weighted by Gasteiger charge is -2.27. The number of benzene rings is 1. The second-order valence-electron chi connectivity index (χ2n) is 6.52. The van der Waals surface area contributed by atoms with E-state index >= 15 is 0 Å². The number of hydrogen-bond donors (Lipinski definition) is 0. The van der Waals surface area contributed by atoms with E-state index in [4.69, 9.17) is 4.74 Å². The maximum absolute atomic E-state index is 12.3. The van der Waals surface area contributed by atoms with E-state index in [-0.39, 0.29) is 12.0 Å². The van der Waals surface area contributed by atoms with Gasteiger partial charge in [-0.1, -0.05) is 24.3 Å². The lowest BCUT2D eigenvalue weighted by Crippen LogP contribution is -2.23. The topological polar surface area (TPSA) is 55.3 Å². The van der Waals surface area contributed by atoms with E-state index in [0.717, 1.165) is 34.4 Å². The van der Waals surface area contributed by atoms with Crippen molar-refractivity contribution in [1.29, 1.82) is 0 Å². The molecule has 0 spiro atoms. The summed E-state index contributed by atoms with van der Waals surface area (Å²) in [6.07, 6.45) is 3.73. The SMILES string of the molecule is CCOC(=O)c1sc2ncnc(N(C)C3CCc4ccccc43)c2c1C. The van der Waals surface area contributed by atoms with Crippen LogP contribution >= 0.6 is 11.3 Å². The van der Waals surface area contributed by atoms with Crippen LogP contribution in [0.5, 0.6) is 0 Å². The molecule has 5 nitrogen and oxygen atoms in total. The van der Waals surface area contributed by atoms with Gasteiger partial charge in [-0.15, -0.1) is 11.3 Å². The molecule has 0 radical (unpaired) electrons. The first-order valence-corrected chi connectivity index (χ1v) is 9.65. The van der Waals surface area contributed by atoms with Crippen LogP contribution in [0.3, 0.4) is 0 Å². The monoisotopic (exact) mass is 367 g/mol. The van der Waals surface area contributed by atoms with Gasteiger partial charge in [-0.2, -0.15) is 0 Å². The molecule has 2 heterocycles. The highest BCUT2D eigenvalue weighted by Gasteiger charge is 2.29. The summed E-state index contributed by atoms with van der Waals surface area (Å²) in [6, 6.07) is 8.88. The zero-order valence-corrected chi connectivity index (χ0v) is 16.0. The van der Waals surface area contributed by atoms with E-state index < -0.39 is 0 Å². The summed E-state index contributed by atoms with van der Waals surface area (Å²) in [7, 11) is 2.08. The standard InChI is InChI=1S/C20H21N3O2S/c1-4-25-20(24)17-12(2)16-18(21-11-22-19(16)26-17)23(3)15-10-9-13-7-5-6-8-14(13)15/h5-8,11,15H,4,9-10H2,1-3H3. The first-order chi connectivity index (χ1) is 12.6. The van der Waals surface area contributed by atoms with E-state index in [1.807, 2.05) is 13.8 Å². The first kappa shape index (κ1) is 17.0. The first-order valence-electron chi connectivity index (χ1n) is 8.83. The summed E-state index contributed by atoms with van der Waals surface area (Å²) >= 11 is 1.38. The maximum Gasteiger partial charge on any atom is 0.348 e. The number of nitrogens with zero attached hydrogens (tertiary/aromatic N) is 3. The third kappa shape index (κ3) is 2.65. The van der Waals surface area contributed by atoms with Gasteiger partial charge in [0.05, 0.1) is 18.0 Å². The van der Waals surface area contributed by atoms with Crippen molar-refractivity contribution in [1.82, 2.24) is 9.97 Å². The Kier molecular flexibility index (Phi) is 4.36. The zero-order valence-electron chi connectivity index (χ0n) is 15.2. The van der Waals surface area contributed by atoms with Crippen molar-refractivity contribution in [2.45, 2.75) is 32.7 Å². The number of thiophene rings is 1. The Morgan fingerprint density at radius 3 is 2.96 bits per heavy atom. The summed E-state index contributed by atoms with van der Waals surface area (Å²) < 4.78 is 5.19. The third-order valence-electron chi connectivity index (χ3n) is 5.07. The zero-order chi connectivity index (χ0) is 18.3. The maximum atomic E-state index is 12.3.